The lowest BCUT2D eigenvalue weighted by atomic mass is 10.7. The van der Waals surface area contributed by atoms with E-state index < -0.39 is 0 Å². The second-order valence-electron chi connectivity index (χ2n) is 1.84. The Morgan fingerprint density at radius 2 is 2.70 bits per heavy atom. The molecule has 0 aliphatic heterocycles. The van der Waals surface area contributed by atoms with Crippen molar-refractivity contribution in [3.63, 3.8) is 0 Å². The van der Waals surface area contributed by atoms with Gasteiger partial charge in [0.15, 0.2) is 0 Å². The molecule has 0 radical (unpaired) electrons. The van der Waals surface area contributed by atoms with Crippen LogP contribution in [0.15, 0.2) is 17.3 Å². The molecule has 0 N–H and O–H groups in total. The summed E-state index contributed by atoms with van der Waals surface area (Å²) in [6.07, 6.45) is 8.84. The largest absolute Gasteiger partial charge is 0.275 e. The highest BCUT2D eigenvalue weighted by Gasteiger charge is 1.92. The van der Waals surface area contributed by atoms with Crippen molar-refractivity contribution in [2.75, 3.05) is 5.75 Å². The highest BCUT2D eigenvalue weighted by molar-refractivity contribution is 7.99. The van der Waals surface area contributed by atoms with Crippen LogP contribution in [0.2, 0.25) is 0 Å². The fourth-order valence-corrected chi connectivity index (χ4v) is 1.20. The summed E-state index contributed by atoms with van der Waals surface area (Å²) in [6, 6.07) is 0. The van der Waals surface area contributed by atoms with E-state index in [1.807, 2.05) is 19.4 Å². The summed E-state index contributed by atoms with van der Waals surface area (Å²) in [6.45, 7) is 0. The van der Waals surface area contributed by atoms with Crippen molar-refractivity contribution in [1.82, 2.24) is 9.78 Å². The summed E-state index contributed by atoms with van der Waals surface area (Å²) in [7, 11) is 1.89. The van der Waals surface area contributed by atoms with Gasteiger partial charge in [-0.15, -0.1) is 18.2 Å². The van der Waals surface area contributed by atoms with Crippen LogP contribution in [-0.2, 0) is 7.05 Å². The van der Waals surface area contributed by atoms with Crippen molar-refractivity contribution in [2.24, 2.45) is 7.05 Å². The van der Waals surface area contributed by atoms with Crippen LogP contribution in [0.1, 0.15) is 0 Å². The van der Waals surface area contributed by atoms with Gasteiger partial charge in [0.05, 0.1) is 11.9 Å². The molecule has 0 bridgehead atoms. The monoisotopic (exact) mass is 152 g/mol. The van der Waals surface area contributed by atoms with Gasteiger partial charge in [-0.3, -0.25) is 4.68 Å². The molecule has 0 unspecified atom stereocenters. The molecule has 2 nitrogen and oxygen atoms in total. The lowest BCUT2D eigenvalue weighted by Gasteiger charge is -1.86. The van der Waals surface area contributed by atoms with Gasteiger partial charge in [0.2, 0.25) is 0 Å². The molecule has 0 fully saturated rings. The van der Waals surface area contributed by atoms with Gasteiger partial charge in [0.1, 0.15) is 0 Å². The van der Waals surface area contributed by atoms with Gasteiger partial charge < -0.3 is 0 Å². The number of rotatable bonds is 2. The second-order valence-corrected chi connectivity index (χ2v) is 2.89. The minimum absolute atomic E-state index is 0.714. The number of terminal acetylenes is 1. The summed E-state index contributed by atoms with van der Waals surface area (Å²) >= 11 is 1.62. The van der Waals surface area contributed by atoms with E-state index in [4.69, 9.17) is 6.42 Å². The van der Waals surface area contributed by atoms with Crippen LogP contribution in [0.25, 0.3) is 0 Å². The van der Waals surface area contributed by atoms with E-state index in [1.165, 1.54) is 0 Å². The zero-order chi connectivity index (χ0) is 7.40. The molecule has 1 aromatic heterocycles. The summed E-state index contributed by atoms with van der Waals surface area (Å²) in [4.78, 5) is 1.13. The van der Waals surface area contributed by atoms with Crippen molar-refractivity contribution in [3.8, 4) is 12.3 Å². The van der Waals surface area contributed by atoms with Gasteiger partial charge >= 0.3 is 0 Å². The third kappa shape index (κ3) is 1.82. The Hall–Kier alpha value is -0.880. The van der Waals surface area contributed by atoms with E-state index >= 15 is 0 Å². The fourth-order valence-electron chi connectivity index (χ4n) is 0.598. The third-order valence-corrected chi connectivity index (χ3v) is 1.86. The molecule has 0 spiro atoms. The average molecular weight is 152 g/mol. The predicted octanol–water partition coefficient (Wildman–Crippen LogP) is 1.15. The normalized spacial score (nSPS) is 9.20. The van der Waals surface area contributed by atoms with E-state index in [-0.39, 0.29) is 0 Å². The fraction of sp³-hybridized carbons (Fsp3) is 0.286. The van der Waals surface area contributed by atoms with E-state index in [2.05, 4.69) is 11.0 Å². The Morgan fingerprint density at radius 3 is 3.20 bits per heavy atom. The number of hydrogen-bond donors (Lipinski definition) is 0. The van der Waals surface area contributed by atoms with Crippen LogP contribution in [0, 0.1) is 12.3 Å². The van der Waals surface area contributed by atoms with Crippen LogP contribution in [0.4, 0.5) is 0 Å². The molecule has 52 valence electrons. The molecule has 10 heavy (non-hydrogen) atoms. The van der Waals surface area contributed by atoms with Crippen molar-refractivity contribution in [3.05, 3.63) is 12.4 Å². The zero-order valence-electron chi connectivity index (χ0n) is 5.74. The molecule has 0 aliphatic rings. The van der Waals surface area contributed by atoms with Gasteiger partial charge in [-0.05, 0) is 0 Å². The molecular weight excluding hydrogens is 144 g/mol. The number of nitrogens with zero attached hydrogens (tertiary/aromatic N) is 2. The minimum atomic E-state index is 0.714. The van der Waals surface area contributed by atoms with Crippen molar-refractivity contribution >= 4 is 11.8 Å². The van der Waals surface area contributed by atoms with E-state index in [9.17, 15) is 0 Å². The Labute approximate surface area is 64.6 Å². The van der Waals surface area contributed by atoms with Gasteiger partial charge in [-0.1, -0.05) is 5.92 Å². The Morgan fingerprint density at radius 1 is 1.90 bits per heavy atom. The number of aromatic nitrogens is 2. The van der Waals surface area contributed by atoms with Crippen LogP contribution >= 0.6 is 11.8 Å². The number of hydrogen-bond acceptors (Lipinski definition) is 2. The summed E-state index contributed by atoms with van der Waals surface area (Å²) in [5, 5.41) is 4.00. The molecule has 0 aliphatic carbocycles. The maximum atomic E-state index is 5.09. The van der Waals surface area contributed by atoms with Gasteiger partial charge in [0, 0.05) is 18.1 Å². The molecular formula is C7H8N2S. The zero-order valence-corrected chi connectivity index (χ0v) is 6.56. The third-order valence-electron chi connectivity index (χ3n) is 1.00. The first-order chi connectivity index (χ1) is 4.83. The van der Waals surface area contributed by atoms with Crippen molar-refractivity contribution < 1.29 is 0 Å². The summed E-state index contributed by atoms with van der Waals surface area (Å²) < 4.78 is 1.76. The SMILES string of the molecule is C#CCSc1cnn(C)c1. The van der Waals surface area contributed by atoms with Crippen LogP contribution in [0.3, 0.4) is 0 Å². The lowest BCUT2D eigenvalue weighted by Crippen LogP contribution is -1.83. The Kier molecular flexibility index (Phi) is 2.41. The van der Waals surface area contributed by atoms with Crippen LogP contribution in [0.5, 0.6) is 0 Å². The average Bonchev–Trinajstić information content (AvgIpc) is 2.31. The summed E-state index contributed by atoms with van der Waals surface area (Å²) in [5.41, 5.74) is 0. The number of thioether (sulfide) groups is 1. The van der Waals surface area contributed by atoms with Crippen molar-refractivity contribution in [2.45, 2.75) is 4.90 Å². The van der Waals surface area contributed by atoms with E-state index in [0.29, 0.717) is 5.75 Å². The molecule has 1 rings (SSSR count). The lowest BCUT2D eigenvalue weighted by molar-refractivity contribution is 0.766. The quantitative estimate of drug-likeness (QED) is 0.467. The topological polar surface area (TPSA) is 17.8 Å². The first-order valence-corrected chi connectivity index (χ1v) is 3.86. The van der Waals surface area contributed by atoms with Gasteiger partial charge in [-0.25, -0.2) is 0 Å². The maximum absolute atomic E-state index is 5.09. The van der Waals surface area contributed by atoms with Crippen LogP contribution < -0.4 is 0 Å². The molecule has 0 amide bonds. The van der Waals surface area contributed by atoms with E-state index in [0.717, 1.165) is 4.90 Å². The Bertz CT molecular complexity index is 246. The molecule has 1 aromatic rings. The second kappa shape index (κ2) is 3.33. The van der Waals surface area contributed by atoms with Gasteiger partial charge in [0.25, 0.3) is 0 Å². The first-order valence-electron chi connectivity index (χ1n) is 2.88. The molecule has 3 heteroatoms. The maximum Gasteiger partial charge on any atom is 0.0626 e. The molecule has 0 aromatic carbocycles. The smallest absolute Gasteiger partial charge is 0.0626 e. The first kappa shape index (κ1) is 7.23. The molecule has 1 heterocycles. The number of aryl methyl sites for hydroxylation is 1. The predicted molar refractivity (Wildman–Crippen MR) is 42.8 cm³/mol. The highest BCUT2D eigenvalue weighted by Crippen LogP contribution is 2.14. The molecule has 0 saturated carbocycles. The van der Waals surface area contributed by atoms with E-state index in [1.54, 1.807) is 16.4 Å². The molecule has 0 saturated heterocycles. The van der Waals surface area contributed by atoms with Crippen LogP contribution in [-0.4, -0.2) is 15.5 Å². The highest BCUT2D eigenvalue weighted by atomic mass is 32.2. The van der Waals surface area contributed by atoms with Crippen molar-refractivity contribution in [1.29, 1.82) is 0 Å². The summed E-state index contributed by atoms with van der Waals surface area (Å²) in [5.74, 6) is 3.27. The molecule has 0 atom stereocenters. The Balaban J connectivity index is 2.52. The standard InChI is InChI=1S/C7H8N2S/c1-3-4-10-7-5-8-9(2)6-7/h1,5-6H,4H2,2H3. The minimum Gasteiger partial charge on any atom is -0.275 e. The van der Waals surface area contributed by atoms with Gasteiger partial charge in [-0.2, -0.15) is 5.10 Å².